The number of hydrogen-bond acceptors (Lipinski definition) is 3. The van der Waals surface area contributed by atoms with Gasteiger partial charge in [0.2, 0.25) is 0 Å². The maximum Gasteiger partial charge on any atom is 0.160 e. The molecular formula is C9H13NO2. The quantitative estimate of drug-likeness (QED) is 0.707. The van der Waals surface area contributed by atoms with Crippen molar-refractivity contribution in [2.24, 2.45) is 5.73 Å². The van der Waals surface area contributed by atoms with Crippen molar-refractivity contribution in [3.8, 4) is 11.5 Å². The van der Waals surface area contributed by atoms with Crippen LogP contribution in [0.3, 0.4) is 0 Å². The highest BCUT2D eigenvalue weighted by atomic mass is 16.5. The molecule has 1 atom stereocenters. The topological polar surface area (TPSA) is 55.5 Å². The van der Waals surface area contributed by atoms with Crippen LogP contribution in [-0.4, -0.2) is 18.8 Å². The van der Waals surface area contributed by atoms with Gasteiger partial charge in [-0.3, -0.25) is 0 Å². The van der Waals surface area contributed by atoms with Gasteiger partial charge in [0.1, 0.15) is 0 Å². The van der Waals surface area contributed by atoms with Gasteiger partial charge in [-0.15, -0.1) is 0 Å². The first-order chi connectivity index (χ1) is 6.19. The van der Waals surface area contributed by atoms with Crippen molar-refractivity contribution in [1.82, 2.24) is 0 Å². The fourth-order valence-electron chi connectivity index (χ4n) is 0.957. The third-order valence-electron chi connectivity index (χ3n) is 1.56. The van der Waals surface area contributed by atoms with Crippen molar-refractivity contribution >= 4 is 0 Å². The van der Waals surface area contributed by atoms with Crippen LogP contribution < -0.4 is 10.5 Å². The van der Waals surface area contributed by atoms with Crippen LogP contribution in [0.15, 0.2) is 18.2 Å². The normalized spacial score (nSPS) is 13.7. The summed E-state index contributed by atoms with van der Waals surface area (Å²) in [6.07, 6.45) is -0.463. The smallest absolute Gasteiger partial charge is 0.160 e. The number of benzene rings is 1. The van der Waals surface area contributed by atoms with Gasteiger partial charge >= 0.3 is 0 Å². The summed E-state index contributed by atoms with van der Waals surface area (Å²) >= 11 is 0. The van der Waals surface area contributed by atoms with Crippen LogP contribution in [0.1, 0.15) is 6.93 Å². The summed E-state index contributed by atoms with van der Waals surface area (Å²) in [6, 6.07) is 4.80. The lowest BCUT2D eigenvalue weighted by Gasteiger charge is -2.05. The summed E-state index contributed by atoms with van der Waals surface area (Å²) in [4.78, 5) is 0. The summed E-state index contributed by atoms with van der Waals surface area (Å²) < 4.78 is 12.4. The molecule has 1 aromatic carbocycles. The standard InChI is InChI=1S/C9H13NO2/c1-12-9-6-7(4-5-10)2-3-8(9)11/h2-3,6,11H,4-5,10H2,1H3/i4T/t4-/m0/s1. The first-order valence-electron chi connectivity index (χ1n) is 4.26. The molecule has 3 heteroatoms. The molecule has 3 nitrogen and oxygen atoms in total. The molecule has 0 fully saturated rings. The second-order valence-corrected chi connectivity index (χ2v) is 2.37. The Morgan fingerprint density at radius 2 is 2.42 bits per heavy atom. The Hall–Kier alpha value is -1.22. The Bertz CT molecular complexity index is 291. The molecule has 0 radical (unpaired) electrons. The monoisotopic (exact) mass is 169 g/mol. The lowest BCUT2D eigenvalue weighted by Crippen LogP contribution is -2.02. The molecular weight excluding hydrogens is 154 g/mol. The number of methoxy groups -OCH3 is 1. The molecule has 12 heavy (non-hydrogen) atoms. The number of aromatic hydroxyl groups is 1. The fraction of sp³-hybridized carbons (Fsp3) is 0.333. The predicted octanol–water partition coefficient (Wildman–Crippen LogP) is 0.902. The van der Waals surface area contributed by atoms with Crippen molar-refractivity contribution in [2.75, 3.05) is 13.7 Å². The molecule has 0 heterocycles. The van der Waals surface area contributed by atoms with E-state index < -0.39 is 6.40 Å². The van der Waals surface area contributed by atoms with Crippen LogP contribution >= 0.6 is 0 Å². The number of phenolic OH excluding ortho intramolecular Hbond substituents is 1. The van der Waals surface area contributed by atoms with Gasteiger partial charge in [-0.05, 0) is 30.6 Å². The number of phenols is 1. The van der Waals surface area contributed by atoms with Gasteiger partial charge in [0.25, 0.3) is 0 Å². The molecule has 0 aliphatic rings. The van der Waals surface area contributed by atoms with Gasteiger partial charge in [0.15, 0.2) is 11.5 Å². The maximum atomic E-state index is 9.27. The van der Waals surface area contributed by atoms with Gasteiger partial charge in [-0.2, -0.15) is 0 Å². The van der Waals surface area contributed by atoms with E-state index in [4.69, 9.17) is 11.8 Å². The summed E-state index contributed by atoms with van der Waals surface area (Å²) in [7, 11) is 1.47. The summed E-state index contributed by atoms with van der Waals surface area (Å²) in [5.41, 5.74) is 6.09. The van der Waals surface area contributed by atoms with E-state index in [1.165, 1.54) is 13.2 Å². The van der Waals surface area contributed by atoms with E-state index in [0.29, 0.717) is 5.75 Å². The number of rotatable bonds is 3. The second kappa shape index (κ2) is 3.97. The van der Waals surface area contributed by atoms with Crippen LogP contribution in [0.25, 0.3) is 0 Å². The molecule has 0 aliphatic carbocycles. The van der Waals surface area contributed by atoms with Crippen molar-refractivity contribution < 1.29 is 11.2 Å². The van der Waals surface area contributed by atoms with E-state index in [1.54, 1.807) is 12.1 Å². The minimum Gasteiger partial charge on any atom is -0.504 e. The molecule has 0 amide bonds. The molecule has 3 N–H and O–H groups in total. The van der Waals surface area contributed by atoms with Gasteiger partial charge in [-0.25, -0.2) is 0 Å². The first-order valence-corrected chi connectivity index (χ1v) is 3.68. The Labute approximate surface area is 73.2 Å². The molecule has 0 aromatic heterocycles. The summed E-state index contributed by atoms with van der Waals surface area (Å²) in [6.45, 7) is 0.258. The molecule has 1 aromatic rings. The van der Waals surface area contributed by atoms with E-state index in [0.717, 1.165) is 5.56 Å². The summed E-state index contributed by atoms with van der Waals surface area (Å²) in [5, 5.41) is 9.27. The third-order valence-corrected chi connectivity index (χ3v) is 1.56. The highest BCUT2D eigenvalue weighted by molar-refractivity contribution is 5.41. The molecule has 0 aliphatic heterocycles. The van der Waals surface area contributed by atoms with Gasteiger partial charge < -0.3 is 15.6 Å². The Kier molecular flexibility index (Phi) is 2.46. The Balaban J connectivity index is 2.99. The van der Waals surface area contributed by atoms with E-state index in [-0.39, 0.29) is 12.3 Å². The predicted molar refractivity (Wildman–Crippen MR) is 47.4 cm³/mol. The fourth-order valence-corrected chi connectivity index (χ4v) is 0.957. The van der Waals surface area contributed by atoms with E-state index >= 15 is 0 Å². The SMILES string of the molecule is [3H][C@@H](CN)c1ccc(O)c(OC)c1. The maximum absolute atomic E-state index is 9.27. The first kappa shape index (κ1) is 7.43. The zero-order valence-electron chi connectivity index (χ0n) is 7.95. The average Bonchev–Trinajstić information content (AvgIpc) is 2.17. The molecule has 66 valence electrons. The minimum absolute atomic E-state index is 0.0791. The highest BCUT2D eigenvalue weighted by Gasteiger charge is 2.00. The van der Waals surface area contributed by atoms with Gasteiger partial charge in [0, 0.05) is 1.37 Å². The van der Waals surface area contributed by atoms with Crippen LogP contribution in [0, 0.1) is 0 Å². The molecule has 0 saturated heterocycles. The van der Waals surface area contributed by atoms with Crippen molar-refractivity contribution in [2.45, 2.75) is 6.40 Å². The highest BCUT2D eigenvalue weighted by Crippen LogP contribution is 2.26. The summed E-state index contributed by atoms with van der Waals surface area (Å²) in [5.74, 6) is 0.457. The Morgan fingerprint density at radius 1 is 1.67 bits per heavy atom. The minimum atomic E-state index is -0.463. The van der Waals surface area contributed by atoms with E-state index in [9.17, 15) is 5.11 Å². The van der Waals surface area contributed by atoms with Crippen molar-refractivity contribution in [3.05, 3.63) is 23.8 Å². The Morgan fingerprint density at radius 3 is 3.00 bits per heavy atom. The zero-order chi connectivity index (χ0) is 9.84. The van der Waals surface area contributed by atoms with Crippen LogP contribution in [0.2, 0.25) is 0 Å². The lowest BCUT2D eigenvalue weighted by atomic mass is 10.1. The number of hydrogen-bond donors (Lipinski definition) is 2. The second-order valence-electron chi connectivity index (χ2n) is 2.37. The molecule has 0 spiro atoms. The van der Waals surface area contributed by atoms with Crippen LogP contribution in [0.5, 0.6) is 11.5 Å². The number of ether oxygens (including phenoxy) is 1. The van der Waals surface area contributed by atoms with Gasteiger partial charge in [-0.1, -0.05) is 6.07 Å². The zero-order valence-corrected chi connectivity index (χ0v) is 6.95. The largest absolute Gasteiger partial charge is 0.504 e. The molecule has 0 saturated carbocycles. The van der Waals surface area contributed by atoms with Crippen LogP contribution in [0.4, 0.5) is 0 Å². The molecule has 0 bridgehead atoms. The average molecular weight is 169 g/mol. The van der Waals surface area contributed by atoms with Gasteiger partial charge in [0.05, 0.1) is 7.11 Å². The number of nitrogens with two attached hydrogens (primary N) is 1. The molecule has 1 rings (SSSR count). The van der Waals surface area contributed by atoms with Crippen LogP contribution in [-0.2, 0) is 6.40 Å². The van der Waals surface area contributed by atoms with E-state index in [1.807, 2.05) is 0 Å². The van der Waals surface area contributed by atoms with Crippen molar-refractivity contribution in [3.63, 3.8) is 0 Å². The third kappa shape index (κ3) is 1.89. The molecule has 0 unspecified atom stereocenters. The lowest BCUT2D eigenvalue weighted by molar-refractivity contribution is 0.373. The van der Waals surface area contributed by atoms with Crippen molar-refractivity contribution in [1.29, 1.82) is 0 Å². The van der Waals surface area contributed by atoms with E-state index in [2.05, 4.69) is 0 Å².